The van der Waals surface area contributed by atoms with Crippen molar-refractivity contribution in [2.24, 2.45) is 0 Å². The Balaban J connectivity index is 2.13. The zero-order chi connectivity index (χ0) is 24.3. The molecule has 0 aliphatic carbocycles. The van der Waals surface area contributed by atoms with Crippen LogP contribution in [0, 0.1) is 46.5 Å². The van der Waals surface area contributed by atoms with Gasteiger partial charge in [0.2, 0.25) is 5.82 Å². The highest BCUT2D eigenvalue weighted by atomic mass is 19.2. The van der Waals surface area contributed by atoms with Crippen molar-refractivity contribution in [1.29, 1.82) is 0 Å². The zero-order valence-electron chi connectivity index (χ0n) is 16.8. The molecule has 5 aromatic rings. The molecule has 170 valence electrons. The Kier molecular flexibility index (Phi) is 5.04. The van der Waals surface area contributed by atoms with Crippen LogP contribution in [0.1, 0.15) is 0 Å². The summed E-state index contributed by atoms with van der Waals surface area (Å²) in [5.41, 5.74) is -1.61. The van der Waals surface area contributed by atoms with E-state index in [2.05, 4.69) is 0 Å². The predicted octanol–water partition coefficient (Wildman–Crippen LogP) is 8.44. The van der Waals surface area contributed by atoms with E-state index in [1.54, 1.807) is 30.3 Å². The third-order valence-corrected chi connectivity index (χ3v) is 5.65. The third kappa shape index (κ3) is 3.05. The quantitative estimate of drug-likeness (QED) is 0.104. The molecule has 0 heterocycles. The van der Waals surface area contributed by atoms with E-state index in [4.69, 9.17) is 0 Å². The fourth-order valence-corrected chi connectivity index (χ4v) is 4.23. The lowest BCUT2D eigenvalue weighted by atomic mass is 9.85. The van der Waals surface area contributed by atoms with Crippen molar-refractivity contribution in [2.45, 2.75) is 0 Å². The van der Waals surface area contributed by atoms with Crippen molar-refractivity contribution < 1.29 is 35.1 Å². The Hall–Kier alpha value is -3.94. The molecule has 0 amide bonds. The highest BCUT2D eigenvalue weighted by Crippen LogP contribution is 2.46. The standard InChI is InChI=1S/C26H10F8/c27-15-8-4-7-12-19(21-22(30)24(32)26(34)25(33)23(21)31)14-10-17(29)16(28)9-13(14)18(20(12)15)11-5-2-1-3-6-11/h1-10H. The van der Waals surface area contributed by atoms with Gasteiger partial charge < -0.3 is 0 Å². The molecule has 0 aliphatic rings. The van der Waals surface area contributed by atoms with Crippen LogP contribution in [0.5, 0.6) is 0 Å². The molecule has 0 aromatic heterocycles. The summed E-state index contributed by atoms with van der Waals surface area (Å²) in [5.74, 6) is -14.8. The van der Waals surface area contributed by atoms with Gasteiger partial charge in [-0.3, -0.25) is 0 Å². The normalized spacial score (nSPS) is 11.5. The SMILES string of the molecule is Fc1cc2c(-c3c(F)c(F)c(F)c(F)c3F)c3cccc(F)c3c(-c3ccccc3)c2cc1F. The van der Waals surface area contributed by atoms with Gasteiger partial charge in [-0.25, -0.2) is 35.1 Å². The van der Waals surface area contributed by atoms with E-state index in [0.717, 1.165) is 6.07 Å². The van der Waals surface area contributed by atoms with Gasteiger partial charge in [-0.05, 0) is 39.9 Å². The van der Waals surface area contributed by atoms with Crippen LogP contribution in [0.25, 0.3) is 43.8 Å². The molecule has 0 saturated carbocycles. The van der Waals surface area contributed by atoms with E-state index in [1.165, 1.54) is 12.1 Å². The first-order valence-electron chi connectivity index (χ1n) is 9.82. The third-order valence-electron chi connectivity index (χ3n) is 5.65. The first kappa shape index (κ1) is 21.9. The summed E-state index contributed by atoms with van der Waals surface area (Å²) >= 11 is 0. The molecular weight excluding hydrogens is 464 g/mol. The molecule has 34 heavy (non-hydrogen) atoms. The minimum atomic E-state index is -2.38. The van der Waals surface area contributed by atoms with E-state index in [9.17, 15) is 30.7 Å². The average Bonchev–Trinajstić information content (AvgIpc) is 2.83. The van der Waals surface area contributed by atoms with Crippen molar-refractivity contribution in [3.8, 4) is 22.3 Å². The molecule has 0 spiro atoms. The number of halogens is 8. The van der Waals surface area contributed by atoms with E-state index in [-0.39, 0.29) is 27.1 Å². The molecule has 0 aliphatic heterocycles. The summed E-state index contributed by atoms with van der Waals surface area (Å²) in [6.07, 6.45) is 0. The van der Waals surface area contributed by atoms with Gasteiger partial charge in [-0.15, -0.1) is 0 Å². The topological polar surface area (TPSA) is 0 Å². The van der Waals surface area contributed by atoms with Gasteiger partial charge in [0.15, 0.2) is 34.9 Å². The molecule has 0 unspecified atom stereocenters. The van der Waals surface area contributed by atoms with Crippen LogP contribution in [0.4, 0.5) is 35.1 Å². The smallest absolute Gasteiger partial charge is 0.200 e. The fourth-order valence-electron chi connectivity index (χ4n) is 4.23. The average molecular weight is 474 g/mol. The number of benzene rings is 5. The summed E-state index contributed by atoms with van der Waals surface area (Å²) in [5, 5.41) is -1.05. The Morgan fingerprint density at radius 3 is 1.50 bits per heavy atom. The summed E-state index contributed by atoms with van der Waals surface area (Å²) in [7, 11) is 0. The largest absolute Gasteiger partial charge is 0.206 e. The molecule has 0 fully saturated rings. The van der Waals surface area contributed by atoms with Crippen LogP contribution in [0.2, 0.25) is 0 Å². The lowest BCUT2D eigenvalue weighted by Crippen LogP contribution is -2.05. The molecule has 5 rings (SSSR count). The van der Waals surface area contributed by atoms with E-state index in [0.29, 0.717) is 17.7 Å². The first-order chi connectivity index (χ1) is 16.2. The second kappa shape index (κ2) is 7.83. The molecule has 0 bridgehead atoms. The number of hydrogen-bond acceptors (Lipinski definition) is 0. The van der Waals surface area contributed by atoms with Crippen LogP contribution in [-0.2, 0) is 0 Å². The van der Waals surface area contributed by atoms with Crippen molar-refractivity contribution in [3.63, 3.8) is 0 Å². The van der Waals surface area contributed by atoms with Crippen LogP contribution >= 0.6 is 0 Å². The Labute approximate surface area is 186 Å². The Morgan fingerprint density at radius 2 is 0.912 bits per heavy atom. The summed E-state index contributed by atoms with van der Waals surface area (Å²) < 4.78 is 115. The van der Waals surface area contributed by atoms with Gasteiger partial charge in [0.1, 0.15) is 5.82 Å². The summed E-state index contributed by atoms with van der Waals surface area (Å²) in [4.78, 5) is 0. The van der Waals surface area contributed by atoms with Crippen LogP contribution in [0.15, 0.2) is 60.7 Å². The van der Waals surface area contributed by atoms with Gasteiger partial charge in [-0.1, -0.05) is 42.5 Å². The van der Waals surface area contributed by atoms with Gasteiger partial charge in [0.25, 0.3) is 0 Å². The van der Waals surface area contributed by atoms with Crippen LogP contribution in [0.3, 0.4) is 0 Å². The van der Waals surface area contributed by atoms with Gasteiger partial charge in [0.05, 0.1) is 5.56 Å². The fraction of sp³-hybridized carbons (Fsp3) is 0. The predicted molar refractivity (Wildman–Crippen MR) is 112 cm³/mol. The van der Waals surface area contributed by atoms with Crippen LogP contribution in [-0.4, -0.2) is 0 Å². The highest BCUT2D eigenvalue weighted by molar-refractivity contribution is 6.21. The Morgan fingerprint density at radius 1 is 0.382 bits per heavy atom. The van der Waals surface area contributed by atoms with Gasteiger partial charge in [0, 0.05) is 16.5 Å². The maximum Gasteiger partial charge on any atom is 0.200 e. The minimum Gasteiger partial charge on any atom is -0.206 e. The minimum absolute atomic E-state index is 0.0650. The monoisotopic (exact) mass is 474 g/mol. The number of hydrogen-bond donors (Lipinski definition) is 0. The first-order valence-corrected chi connectivity index (χ1v) is 9.82. The molecule has 8 heteroatoms. The van der Waals surface area contributed by atoms with E-state index in [1.807, 2.05) is 0 Å². The maximum atomic E-state index is 15.2. The Bertz CT molecular complexity index is 1600. The van der Waals surface area contributed by atoms with E-state index < -0.39 is 57.7 Å². The second-order valence-corrected chi connectivity index (χ2v) is 7.54. The summed E-state index contributed by atoms with van der Waals surface area (Å²) in [6, 6.07) is 12.7. The molecule has 5 aromatic carbocycles. The van der Waals surface area contributed by atoms with Crippen molar-refractivity contribution in [3.05, 3.63) is 107 Å². The zero-order valence-corrected chi connectivity index (χ0v) is 16.8. The van der Waals surface area contributed by atoms with Gasteiger partial charge >= 0.3 is 0 Å². The van der Waals surface area contributed by atoms with Gasteiger partial charge in [-0.2, -0.15) is 0 Å². The number of fused-ring (bicyclic) bond motifs is 2. The maximum absolute atomic E-state index is 15.2. The van der Waals surface area contributed by atoms with Crippen LogP contribution < -0.4 is 0 Å². The summed E-state index contributed by atoms with van der Waals surface area (Å²) in [6.45, 7) is 0. The lowest BCUT2D eigenvalue weighted by Gasteiger charge is -2.19. The van der Waals surface area contributed by atoms with Crippen molar-refractivity contribution in [1.82, 2.24) is 0 Å². The molecular formula is C26H10F8. The highest BCUT2D eigenvalue weighted by Gasteiger charge is 2.30. The number of rotatable bonds is 2. The lowest BCUT2D eigenvalue weighted by molar-refractivity contribution is 0.381. The van der Waals surface area contributed by atoms with Crippen molar-refractivity contribution in [2.75, 3.05) is 0 Å². The molecule has 0 N–H and O–H groups in total. The molecule has 0 atom stereocenters. The van der Waals surface area contributed by atoms with E-state index >= 15 is 4.39 Å². The molecule has 0 nitrogen and oxygen atoms in total. The molecule has 0 saturated heterocycles. The second-order valence-electron chi connectivity index (χ2n) is 7.54. The molecule has 0 radical (unpaired) electrons. The van der Waals surface area contributed by atoms with Crippen molar-refractivity contribution >= 4 is 21.5 Å².